The van der Waals surface area contributed by atoms with E-state index in [0.717, 1.165) is 31.6 Å². The number of non-ortho nitro benzene ring substituents is 1. The minimum absolute atomic E-state index is 0.00835. The number of nitro benzene ring substituents is 1. The van der Waals surface area contributed by atoms with Crippen LogP contribution in [0, 0.1) is 10.1 Å². The molecule has 1 aliphatic rings. The molecule has 1 N–H and O–H groups in total. The summed E-state index contributed by atoms with van der Waals surface area (Å²) in [6.07, 6.45) is 7.77. The van der Waals surface area contributed by atoms with Crippen LogP contribution in [0.15, 0.2) is 54.6 Å². The third-order valence-electron chi connectivity index (χ3n) is 5.36. The molecular formula is C24H29N3O3. The van der Waals surface area contributed by atoms with Crippen LogP contribution in [0.4, 0.5) is 5.69 Å². The van der Waals surface area contributed by atoms with E-state index in [0.29, 0.717) is 17.7 Å². The predicted octanol–water partition coefficient (Wildman–Crippen LogP) is 4.52. The summed E-state index contributed by atoms with van der Waals surface area (Å²) in [6, 6.07) is 15.7. The quantitative estimate of drug-likeness (QED) is 0.230. The van der Waals surface area contributed by atoms with E-state index in [1.54, 1.807) is 18.2 Å². The van der Waals surface area contributed by atoms with E-state index in [2.05, 4.69) is 10.2 Å². The van der Waals surface area contributed by atoms with Gasteiger partial charge in [0.2, 0.25) is 0 Å². The smallest absolute Gasteiger partial charge is 0.270 e. The summed E-state index contributed by atoms with van der Waals surface area (Å²) in [7, 11) is 0. The third kappa shape index (κ3) is 6.52. The van der Waals surface area contributed by atoms with Crippen LogP contribution in [0.1, 0.15) is 43.2 Å². The second kappa shape index (κ2) is 11.3. The monoisotopic (exact) mass is 407 g/mol. The molecule has 1 amide bonds. The summed E-state index contributed by atoms with van der Waals surface area (Å²) in [5.41, 5.74) is 1.93. The van der Waals surface area contributed by atoms with Gasteiger partial charge in [-0.05, 0) is 56.1 Å². The Morgan fingerprint density at radius 3 is 2.47 bits per heavy atom. The van der Waals surface area contributed by atoms with Gasteiger partial charge in [-0.3, -0.25) is 14.9 Å². The Kier molecular flexibility index (Phi) is 8.15. The van der Waals surface area contributed by atoms with Crippen LogP contribution in [-0.2, 0) is 4.79 Å². The SMILES string of the molecule is O=C(NCCCN1CCCCCC1)/C(=C/c1cccc([N+](=O)[O-])c1)c1ccccc1. The number of amides is 1. The normalized spacial score (nSPS) is 15.4. The van der Waals surface area contributed by atoms with E-state index in [1.165, 1.54) is 37.8 Å². The molecule has 1 aliphatic heterocycles. The van der Waals surface area contributed by atoms with E-state index < -0.39 is 4.92 Å². The zero-order chi connectivity index (χ0) is 21.2. The van der Waals surface area contributed by atoms with Gasteiger partial charge in [0, 0.05) is 24.3 Å². The van der Waals surface area contributed by atoms with Crippen LogP contribution in [0.25, 0.3) is 11.6 Å². The van der Waals surface area contributed by atoms with Crippen LogP contribution in [-0.4, -0.2) is 41.9 Å². The van der Waals surface area contributed by atoms with Crippen LogP contribution in [0.3, 0.4) is 0 Å². The molecule has 0 atom stereocenters. The lowest BCUT2D eigenvalue weighted by atomic mass is 10.0. The Bertz CT molecular complexity index is 872. The topological polar surface area (TPSA) is 75.5 Å². The molecule has 30 heavy (non-hydrogen) atoms. The highest BCUT2D eigenvalue weighted by Crippen LogP contribution is 2.21. The van der Waals surface area contributed by atoms with Crippen molar-refractivity contribution in [3.05, 3.63) is 75.8 Å². The Morgan fingerprint density at radius 2 is 1.77 bits per heavy atom. The number of nitrogens with zero attached hydrogens (tertiary/aromatic N) is 2. The van der Waals surface area contributed by atoms with Gasteiger partial charge >= 0.3 is 0 Å². The van der Waals surface area contributed by atoms with Crippen molar-refractivity contribution in [3.63, 3.8) is 0 Å². The molecule has 2 aromatic rings. The van der Waals surface area contributed by atoms with E-state index in [9.17, 15) is 14.9 Å². The number of hydrogen-bond donors (Lipinski definition) is 1. The Hall–Kier alpha value is -2.99. The first-order valence-corrected chi connectivity index (χ1v) is 10.7. The van der Waals surface area contributed by atoms with Crippen LogP contribution < -0.4 is 5.32 Å². The minimum Gasteiger partial charge on any atom is -0.352 e. The van der Waals surface area contributed by atoms with Crippen molar-refractivity contribution in [2.45, 2.75) is 32.1 Å². The lowest BCUT2D eigenvalue weighted by Gasteiger charge is -2.19. The number of benzene rings is 2. The largest absolute Gasteiger partial charge is 0.352 e. The molecule has 1 fully saturated rings. The second-order valence-electron chi connectivity index (χ2n) is 7.64. The number of nitro groups is 1. The standard InChI is InChI=1S/C24H29N3O3/c28-24(25-14-9-17-26-15-6-1-2-7-16-26)23(21-11-4-3-5-12-21)19-20-10-8-13-22(18-20)27(29)30/h3-5,8,10-13,18-19H,1-2,6-7,9,14-17H2,(H,25,28)/b23-19+. The van der Waals surface area contributed by atoms with Crippen LogP contribution >= 0.6 is 0 Å². The molecule has 1 heterocycles. The Morgan fingerprint density at radius 1 is 1.03 bits per heavy atom. The van der Waals surface area contributed by atoms with Gasteiger partial charge in [0.15, 0.2) is 0 Å². The number of hydrogen-bond acceptors (Lipinski definition) is 4. The predicted molar refractivity (Wildman–Crippen MR) is 120 cm³/mol. The zero-order valence-electron chi connectivity index (χ0n) is 17.3. The highest BCUT2D eigenvalue weighted by molar-refractivity contribution is 6.24. The lowest BCUT2D eigenvalue weighted by molar-refractivity contribution is -0.384. The summed E-state index contributed by atoms with van der Waals surface area (Å²) in [6.45, 7) is 3.90. The van der Waals surface area contributed by atoms with Crippen molar-refractivity contribution < 1.29 is 9.72 Å². The molecule has 2 aromatic carbocycles. The highest BCUT2D eigenvalue weighted by atomic mass is 16.6. The second-order valence-corrected chi connectivity index (χ2v) is 7.64. The van der Waals surface area contributed by atoms with Gasteiger partial charge < -0.3 is 10.2 Å². The maximum Gasteiger partial charge on any atom is 0.270 e. The van der Waals surface area contributed by atoms with E-state index in [1.807, 2.05) is 30.3 Å². The van der Waals surface area contributed by atoms with Crippen molar-refractivity contribution in [2.24, 2.45) is 0 Å². The van der Waals surface area contributed by atoms with Crippen LogP contribution in [0.2, 0.25) is 0 Å². The van der Waals surface area contributed by atoms with Gasteiger partial charge in [-0.15, -0.1) is 0 Å². The summed E-state index contributed by atoms with van der Waals surface area (Å²) in [5.74, 6) is -0.163. The maximum absolute atomic E-state index is 12.9. The average Bonchev–Trinajstić information content (AvgIpc) is 3.04. The highest BCUT2D eigenvalue weighted by Gasteiger charge is 2.14. The zero-order valence-corrected chi connectivity index (χ0v) is 17.3. The molecule has 1 saturated heterocycles. The fourth-order valence-electron chi connectivity index (χ4n) is 3.75. The number of rotatable bonds is 8. The number of carbonyl (C=O) groups is 1. The van der Waals surface area contributed by atoms with Crippen molar-refractivity contribution >= 4 is 23.2 Å². The first-order valence-electron chi connectivity index (χ1n) is 10.7. The average molecular weight is 408 g/mol. The van der Waals surface area contributed by atoms with E-state index in [4.69, 9.17) is 0 Å². The van der Waals surface area contributed by atoms with Gasteiger partial charge in [-0.2, -0.15) is 0 Å². The number of nitrogens with one attached hydrogen (secondary N) is 1. The van der Waals surface area contributed by atoms with Gasteiger partial charge in [0.25, 0.3) is 11.6 Å². The molecule has 6 heteroatoms. The Balaban J connectivity index is 1.67. The van der Waals surface area contributed by atoms with E-state index >= 15 is 0 Å². The third-order valence-corrected chi connectivity index (χ3v) is 5.36. The fourth-order valence-corrected chi connectivity index (χ4v) is 3.75. The Labute approximate surface area is 177 Å². The molecule has 0 saturated carbocycles. The molecule has 158 valence electrons. The molecule has 0 unspecified atom stereocenters. The molecule has 0 aromatic heterocycles. The molecular weight excluding hydrogens is 378 g/mol. The first-order chi connectivity index (χ1) is 14.6. The molecule has 0 spiro atoms. The van der Waals surface area contributed by atoms with Gasteiger partial charge in [0.1, 0.15) is 0 Å². The first kappa shape index (κ1) is 21.7. The fraction of sp³-hybridized carbons (Fsp3) is 0.375. The molecule has 3 rings (SSSR count). The maximum atomic E-state index is 12.9. The van der Waals surface area contributed by atoms with E-state index in [-0.39, 0.29) is 11.6 Å². The summed E-state index contributed by atoms with van der Waals surface area (Å²) in [5, 5.41) is 14.1. The van der Waals surface area contributed by atoms with Crippen molar-refractivity contribution in [2.75, 3.05) is 26.2 Å². The van der Waals surface area contributed by atoms with Crippen molar-refractivity contribution in [3.8, 4) is 0 Å². The van der Waals surface area contributed by atoms with Gasteiger partial charge in [-0.1, -0.05) is 55.3 Å². The van der Waals surface area contributed by atoms with Crippen molar-refractivity contribution in [1.29, 1.82) is 0 Å². The van der Waals surface area contributed by atoms with Gasteiger partial charge in [-0.25, -0.2) is 0 Å². The van der Waals surface area contributed by atoms with Crippen LogP contribution in [0.5, 0.6) is 0 Å². The summed E-state index contributed by atoms with van der Waals surface area (Å²) >= 11 is 0. The molecule has 0 radical (unpaired) electrons. The molecule has 0 bridgehead atoms. The number of carbonyl (C=O) groups excluding carboxylic acids is 1. The molecule has 6 nitrogen and oxygen atoms in total. The van der Waals surface area contributed by atoms with Crippen molar-refractivity contribution in [1.82, 2.24) is 10.2 Å². The van der Waals surface area contributed by atoms with Gasteiger partial charge in [0.05, 0.1) is 4.92 Å². The summed E-state index contributed by atoms with van der Waals surface area (Å²) < 4.78 is 0. The lowest BCUT2D eigenvalue weighted by Crippen LogP contribution is -2.31. The molecule has 0 aliphatic carbocycles. The summed E-state index contributed by atoms with van der Waals surface area (Å²) in [4.78, 5) is 26.1. The minimum atomic E-state index is -0.428. The number of likely N-dealkylation sites (tertiary alicyclic amines) is 1.